The van der Waals surface area contributed by atoms with Gasteiger partial charge in [0.1, 0.15) is 23.3 Å². The van der Waals surface area contributed by atoms with Gasteiger partial charge >= 0.3 is 6.09 Å². The first-order chi connectivity index (χ1) is 10.8. The lowest BCUT2D eigenvalue weighted by Gasteiger charge is -2.40. The number of nitrogens with zero attached hydrogens (tertiary/aromatic N) is 4. The quantitative estimate of drug-likeness (QED) is 0.849. The van der Waals surface area contributed by atoms with E-state index in [1.807, 2.05) is 37.8 Å². The minimum Gasteiger partial charge on any atom is -0.444 e. The van der Waals surface area contributed by atoms with Crippen molar-refractivity contribution in [2.75, 3.05) is 18.0 Å². The van der Waals surface area contributed by atoms with Gasteiger partial charge in [-0.1, -0.05) is 11.6 Å². The number of hydrogen-bond acceptors (Lipinski definition) is 6. The van der Waals surface area contributed by atoms with Crippen molar-refractivity contribution in [2.24, 2.45) is 0 Å². The van der Waals surface area contributed by atoms with E-state index in [1.54, 1.807) is 0 Å². The van der Waals surface area contributed by atoms with Crippen LogP contribution in [0.1, 0.15) is 20.8 Å². The summed E-state index contributed by atoms with van der Waals surface area (Å²) >= 11 is 6.05. The zero-order valence-corrected chi connectivity index (χ0v) is 14.0. The van der Waals surface area contributed by atoms with Gasteiger partial charge in [-0.2, -0.15) is 0 Å². The Hall–Kier alpha value is -2.15. The Morgan fingerprint density at radius 2 is 2.09 bits per heavy atom. The number of pyridine rings is 1. The number of ether oxygens (including phenoxy) is 1. The Bertz CT molecular complexity index is 740. The zero-order valence-electron chi connectivity index (χ0n) is 13.2. The second-order valence-electron chi connectivity index (χ2n) is 6.45. The molecule has 23 heavy (non-hydrogen) atoms. The van der Waals surface area contributed by atoms with Gasteiger partial charge in [-0.15, -0.1) is 0 Å². The molecule has 0 aromatic carbocycles. The lowest BCUT2D eigenvalue weighted by atomic mass is 10.1. The largest absolute Gasteiger partial charge is 0.444 e. The van der Waals surface area contributed by atoms with E-state index in [4.69, 9.17) is 16.3 Å². The van der Waals surface area contributed by atoms with Gasteiger partial charge in [0, 0.05) is 13.1 Å². The highest BCUT2D eigenvalue weighted by Gasteiger charge is 2.30. The molecule has 0 aliphatic carbocycles. The Labute approximate surface area is 139 Å². The van der Waals surface area contributed by atoms with E-state index in [0.717, 1.165) is 5.82 Å². The third-order valence-electron chi connectivity index (χ3n) is 3.35. The summed E-state index contributed by atoms with van der Waals surface area (Å²) in [5, 5.41) is 3.17. The fourth-order valence-electron chi connectivity index (χ4n) is 2.31. The van der Waals surface area contributed by atoms with Crippen molar-refractivity contribution in [2.45, 2.75) is 32.4 Å². The summed E-state index contributed by atoms with van der Waals surface area (Å²) in [6, 6.07) is 3.79. The highest BCUT2D eigenvalue weighted by molar-refractivity contribution is 6.33. The molecule has 1 N–H and O–H groups in total. The molecule has 8 heteroatoms. The highest BCUT2D eigenvalue weighted by Crippen LogP contribution is 2.24. The van der Waals surface area contributed by atoms with Crippen molar-refractivity contribution in [3.8, 4) is 0 Å². The average molecular weight is 336 g/mol. The second kappa shape index (κ2) is 5.81. The van der Waals surface area contributed by atoms with E-state index in [1.165, 1.54) is 6.33 Å². The van der Waals surface area contributed by atoms with Crippen molar-refractivity contribution in [3.05, 3.63) is 23.6 Å². The Kier molecular flexibility index (Phi) is 3.97. The molecular weight excluding hydrogens is 318 g/mol. The number of rotatable bonds is 2. The van der Waals surface area contributed by atoms with E-state index in [9.17, 15) is 4.79 Å². The van der Waals surface area contributed by atoms with Gasteiger partial charge in [0.15, 0.2) is 5.15 Å². The number of amides is 1. The number of carbonyl (C=O) groups excluding carboxylic acids is 1. The lowest BCUT2D eigenvalue weighted by Crippen LogP contribution is -2.60. The fourth-order valence-corrected chi connectivity index (χ4v) is 2.49. The number of halogens is 1. The van der Waals surface area contributed by atoms with Crippen LogP contribution in [0, 0.1) is 0 Å². The molecule has 1 aliphatic rings. The summed E-state index contributed by atoms with van der Waals surface area (Å²) in [7, 11) is 0. The van der Waals surface area contributed by atoms with Crippen LogP contribution in [0.25, 0.3) is 11.0 Å². The van der Waals surface area contributed by atoms with Gasteiger partial charge in [-0.3, -0.25) is 0 Å². The maximum Gasteiger partial charge on any atom is 0.407 e. The molecule has 1 aliphatic heterocycles. The van der Waals surface area contributed by atoms with Crippen LogP contribution in [0.15, 0.2) is 18.5 Å². The molecule has 0 saturated carbocycles. The van der Waals surface area contributed by atoms with Crippen molar-refractivity contribution in [1.82, 2.24) is 20.3 Å². The van der Waals surface area contributed by atoms with E-state index in [0.29, 0.717) is 29.3 Å². The van der Waals surface area contributed by atoms with Crippen LogP contribution in [-0.4, -0.2) is 45.8 Å². The molecule has 1 saturated heterocycles. The summed E-state index contributed by atoms with van der Waals surface area (Å²) in [5.74, 6) is 0.788. The topological polar surface area (TPSA) is 80.2 Å². The first-order valence-electron chi connectivity index (χ1n) is 7.33. The van der Waals surface area contributed by atoms with Crippen LogP contribution in [0.5, 0.6) is 0 Å². The Morgan fingerprint density at radius 1 is 1.35 bits per heavy atom. The predicted octanol–water partition coefficient (Wildman–Crippen LogP) is 2.39. The molecule has 0 unspecified atom stereocenters. The van der Waals surface area contributed by atoms with Crippen LogP contribution in [0.2, 0.25) is 5.15 Å². The summed E-state index contributed by atoms with van der Waals surface area (Å²) < 4.78 is 5.24. The minimum absolute atomic E-state index is 0.0462. The van der Waals surface area contributed by atoms with Crippen molar-refractivity contribution in [1.29, 1.82) is 0 Å². The second-order valence-corrected chi connectivity index (χ2v) is 6.81. The molecule has 1 fully saturated rings. The maximum atomic E-state index is 11.7. The molecule has 2 aromatic rings. The number of carbonyl (C=O) groups is 1. The minimum atomic E-state index is -0.496. The molecule has 0 radical (unpaired) electrons. The molecular formula is C15H18ClN5O2. The molecule has 1 amide bonds. The summed E-state index contributed by atoms with van der Waals surface area (Å²) in [4.78, 5) is 26.3. The van der Waals surface area contributed by atoms with Gasteiger partial charge in [0.05, 0.1) is 11.6 Å². The van der Waals surface area contributed by atoms with Gasteiger partial charge < -0.3 is 15.0 Å². The third-order valence-corrected chi connectivity index (χ3v) is 3.63. The Morgan fingerprint density at radius 3 is 2.78 bits per heavy atom. The lowest BCUT2D eigenvalue weighted by molar-refractivity contribution is 0.0496. The van der Waals surface area contributed by atoms with E-state index < -0.39 is 11.7 Å². The van der Waals surface area contributed by atoms with E-state index in [-0.39, 0.29) is 6.04 Å². The predicted molar refractivity (Wildman–Crippen MR) is 87.7 cm³/mol. The molecule has 2 aromatic heterocycles. The van der Waals surface area contributed by atoms with Crippen LogP contribution >= 0.6 is 11.6 Å². The number of anilines is 1. The SMILES string of the molecule is CC(C)(C)OC(=O)NC1CN(c2ccc3ncnc(Cl)c3n2)C1. The van der Waals surface area contributed by atoms with Crippen molar-refractivity contribution >= 4 is 34.5 Å². The molecule has 122 valence electrons. The van der Waals surface area contributed by atoms with E-state index in [2.05, 4.69) is 20.3 Å². The summed E-state index contributed by atoms with van der Waals surface area (Å²) in [6.07, 6.45) is 1.02. The summed E-state index contributed by atoms with van der Waals surface area (Å²) in [5.41, 5.74) is 0.789. The van der Waals surface area contributed by atoms with Crippen molar-refractivity contribution in [3.63, 3.8) is 0 Å². The molecule has 3 rings (SSSR count). The average Bonchev–Trinajstić information content (AvgIpc) is 2.41. The monoisotopic (exact) mass is 335 g/mol. The number of hydrogen-bond donors (Lipinski definition) is 1. The smallest absolute Gasteiger partial charge is 0.407 e. The first-order valence-corrected chi connectivity index (χ1v) is 7.71. The van der Waals surface area contributed by atoms with Crippen LogP contribution < -0.4 is 10.2 Å². The fraction of sp³-hybridized carbons (Fsp3) is 0.467. The van der Waals surface area contributed by atoms with Crippen LogP contribution in [0.3, 0.4) is 0 Å². The number of fused-ring (bicyclic) bond motifs is 1. The standard InChI is InChI=1S/C15H18ClN5O2/c1-15(2,3)23-14(22)19-9-6-21(7-9)11-5-4-10-12(20-11)13(16)18-8-17-10/h4-5,8-9H,6-7H2,1-3H3,(H,19,22). The number of nitrogens with one attached hydrogen (secondary N) is 1. The summed E-state index contributed by atoms with van der Waals surface area (Å²) in [6.45, 7) is 6.85. The third kappa shape index (κ3) is 3.61. The number of alkyl carbamates (subject to hydrolysis) is 1. The first kappa shape index (κ1) is 15.7. The van der Waals surface area contributed by atoms with Gasteiger partial charge in [0.2, 0.25) is 0 Å². The molecule has 0 spiro atoms. The highest BCUT2D eigenvalue weighted by atomic mass is 35.5. The van der Waals surface area contributed by atoms with Crippen LogP contribution in [0.4, 0.5) is 10.6 Å². The van der Waals surface area contributed by atoms with Gasteiger partial charge in [0.25, 0.3) is 0 Å². The zero-order chi connectivity index (χ0) is 16.6. The normalized spacial score (nSPS) is 15.4. The molecule has 3 heterocycles. The molecule has 0 bridgehead atoms. The van der Waals surface area contributed by atoms with E-state index >= 15 is 0 Å². The maximum absolute atomic E-state index is 11.7. The Balaban J connectivity index is 1.61. The number of aromatic nitrogens is 3. The molecule has 7 nitrogen and oxygen atoms in total. The van der Waals surface area contributed by atoms with Crippen molar-refractivity contribution < 1.29 is 9.53 Å². The van der Waals surface area contributed by atoms with Gasteiger partial charge in [-0.05, 0) is 32.9 Å². The molecule has 0 atom stereocenters. The van der Waals surface area contributed by atoms with Gasteiger partial charge in [-0.25, -0.2) is 19.7 Å². The van der Waals surface area contributed by atoms with Crippen LogP contribution in [-0.2, 0) is 4.74 Å².